The molecule has 0 unspecified atom stereocenters. The summed E-state index contributed by atoms with van der Waals surface area (Å²) in [5.74, 6) is 0.173. The zero-order valence-corrected chi connectivity index (χ0v) is 13.5. The van der Waals surface area contributed by atoms with Crippen LogP contribution < -0.4 is 0 Å². The van der Waals surface area contributed by atoms with E-state index in [0.717, 1.165) is 16.3 Å². The fourth-order valence-corrected chi connectivity index (χ4v) is 3.58. The lowest BCUT2D eigenvalue weighted by molar-refractivity contribution is 0.0815. The number of halogens is 1. The average Bonchev–Trinajstić information content (AvgIpc) is 2.89. The van der Waals surface area contributed by atoms with Crippen LogP contribution in [0.25, 0.3) is 22.1 Å². The predicted molar refractivity (Wildman–Crippen MR) is 89.3 cm³/mol. The largest absolute Gasteiger partial charge is 0.459 e. The third kappa shape index (κ3) is 1.77. The van der Waals surface area contributed by atoms with Gasteiger partial charge in [0.2, 0.25) is 11.6 Å². The van der Waals surface area contributed by atoms with Crippen LogP contribution in [-0.2, 0) is 5.88 Å². The molecule has 1 aromatic heterocycles. The van der Waals surface area contributed by atoms with Crippen molar-refractivity contribution in [1.82, 2.24) is 0 Å². The molecular formula is C19H13ClO3. The van der Waals surface area contributed by atoms with E-state index in [4.69, 9.17) is 16.0 Å². The SMILES string of the molecule is Cc1c(CCl)oc2c1C(=O)C(=O)c1c-2ccc2c(C)cccc12. The van der Waals surface area contributed by atoms with E-state index in [0.29, 0.717) is 33.8 Å². The maximum Gasteiger partial charge on any atom is 0.237 e. The molecule has 3 aromatic rings. The Labute approximate surface area is 137 Å². The van der Waals surface area contributed by atoms with E-state index in [1.807, 2.05) is 37.3 Å². The molecule has 0 N–H and O–H groups in total. The van der Waals surface area contributed by atoms with Crippen LogP contribution in [-0.4, -0.2) is 11.6 Å². The number of fused-ring (bicyclic) bond motifs is 5. The first kappa shape index (κ1) is 14.2. The number of hydrogen-bond donors (Lipinski definition) is 0. The zero-order chi connectivity index (χ0) is 16.3. The van der Waals surface area contributed by atoms with E-state index >= 15 is 0 Å². The fraction of sp³-hybridized carbons (Fsp3) is 0.158. The molecule has 0 aliphatic heterocycles. The van der Waals surface area contributed by atoms with Crippen LogP contribution in [0.4, 0.5) is 0 Å². The van der Waals surface area contributed by atoms with Gasteiger partial charge in [0.1, 0.15) is 11.5 Å². The van der Waals surface area contributed by atoms with Gasteiger partial charge in [-0.25, -0.2) is 0 Å². The van der Waals surface area contributed by atoms with Gasteiger partial charge in [0.05, 0.1) is 11.4 Å². The second kappa shape index (κ2) is 4.80. The molecule has 0 fully saturated rings. The molecule has 1 aliphatic carbocycles. The van der Waals surface area contributed by atoms with Gasteiger partial charge in [0, 0.05) is 16.7 Å². The summed E-state index contributed by atoms with van der Waals surface area (Å²) in [6, 6.07) is 9.57. The minimum absolute atomic E-state index is 0.169. The highest BCUT2D eigenvalue weighted by molar-refractivity contribution is 6.54. The summed E-state index contributed by atoms with van der Waals surface area (Å²) in [6.45, 7) is 3.75. The maximum absolute atomic E-state index is 12.7. The fourth-order valence-electron chi connectivity index (χ4n) is 3.33. The van der Waals surface area contributed by atoms with Crippen LogP contribution in [0.2, 0.25) is 0 Å². The summed E-state index contributed by atoms with van der Waals surface area (Å²) in [4.78, 5) is 25.3. The van der Waals surface area contributed by atoms with Crippen molar-refractivity contribution in [3.05, 3.63) is 58.3 Å². The Morgan fingerprint density at radius 1 is 0.957 bits per heavy atom. The summed E-state index contributed by atoms with van der Waals surface area (Å²) in [7, 11) is 0. The molecule has 4 rings (SSSR count). The molecule has 0 radical (unpaired) electrons. The Kier molecular flexibility index (Phi) is 2.97. The number of Topliss-reactive ketones (excluding diaryl/α,β-unsaturated/α-hetero) is 2. The number of rotatable bonds is 1. The van der Waals surface area contributed by atoms with Gasteiger partial charge in [-0.2, -0.15) is 0 Å². The molecule has 1 heterocycles. The Hall–Kier alpha value is -2.39. The van der Waals surface area contributed by atoms with Crippen molar-refractivity contribution < 1.29 is 14.0 Å². The van der Waals surface area contributed by atoms with Crippen molar-refractivity contribution in [3.8, 4) is 11.3 Å². The van der Waals surface area contributed by atoms with E-state index < -0.39 is 11.6 Å². The lowest BCUT2D eigenvalue weighted by Gasteiger charge is -2.16. The number of hydrogen-bond acceptors (Lipinski definition) is 3. The number of carbonyl (C=O) groups excluding carboxylic acids is 2. The molecule has 2 aromatic carbocycles. The summed E-state index contributed by atoms with van der Waals surface area (Å²) in [5, 5.41) is 1.75. The molecule has 0 spiro atoms. The number of benzene rings is 2. The molecule has 1 aliphatic rings. The number of carbonyl (C=O) groups is 2. The highest BCUT2D eigenvalue weighted by atomic mass is 35.5. The Morgan fingerprint density at radius 3 is 2.43 bits per heavy atom. The molecular weight excluding hydrogens is 312 g/mol. The lowest BCUT2D eigenvalue weighted by atomic mass is 9.83. The average molecular weight is 325 g/mol. The van der Waals surface area contributed by atoms with Crippen LogP contribution >= 0.6 is 11.6 Å². The third-order valence-corrected chi connectivity index (χ3v) is 4.79. The molecule has 23 heavy (non-hydrogen) atoms. The summed E-state index contributed by atoms with van der Waals surface area (Å²) in [5.41, 5.74) is 3.17. The van der Waals surface area contributed by atoms with Gasteiger partial charge < -0.3 is 4.42 Å². The first-order valence-corrected chi connectivity index (χ1v) is 7.88. The topological polar surface area (TPSA) is 47.3 Å². The minimum Gasteiger partial charge on any atom is -0.459 e. The molecule has 3 nitrogen and oxygen atoms in total. The Balaban J connectivity index is 2.16. The van der Waals surface area contributed by atoms with Crippen molar-refractivity contribution in [1.29, 1.82) is 0 Å². The zero-order valence-electron chi connectivity index (χ0n) is 12.7. The van der Waals surface area contributed by atoms with Gasteiger partial charge in [-0.3, -0.25) is 9.59 Å². The van der Waals surface area contributed by atoms with Gasteiger partial charge in [-0.05, 0) is 36.2 Å². The Bertz CT molecular complexity index is 1010. The number of aryl methyl sites for hydroxylation is 1. The van der Waals surface area contributed by atoms with E-state index in [1.54, 1.807) is 6.92 Å². The summed E-state index contributed by atoms with van der Waals surface area (Å²) in [6.07, 6.45) is 0. The predicted octanol–water partition coefficient (Wildman–Crippen LogP) is 4.83. The van der Waals surface area contributed by atoms with Gasteiger partial charge in [0.15, 0.2) is 0 Å². The standard InChI is InChI=1S/C19H13ClO3/c1-9-4-3-5-12-11(9)6-7-13-16(12)18(22)17(21)15-10(2)14(8-20)23-19(13)15/h3-7H,8H2,1-2H3. The molecule has 0 saturated heterocycles. The molecule has 4 heteroatoms. The van der Waals surface area contributed by atoms with Crippen molar-refractivity contribution >= 4 is 33.9 Å². The monoisotopic (exact) mass is 324 g/mol. The van der Waals surface area contributed by atoms with Crippen molar-refractivity contribution in [2.75, 3.05) is 0 Å². The first-order valence-electron chi connectivity index (χ1n) is 7.34. The third-order valence-electron chi connectivity index (χ3n) is 4.55. The van der Waals surface area contributed by atoms with Crippen molar-refractivity contribution in [3.63, 3.8) is 0 Å². The van der Waals surface area contributed by atoms with Crippen LogP contribution in [0.1, 0.15) is 37.6 Å². The van der Waals surface area contributed by atoms with Gasteiger partial charge in [0.25, 0.3) is 0 Å². The smallest absolute Gasteiger partial charge is 0.237 e. The molecule has 0 saturated carbocycles. The van der Waals surface area contributed by atoms with Crippen LogP contribution in [0.3, 0.4) is 0 Å². The second-order valence-corrected chi connectivity index (χ2v) is 6.07. The van der Waals surface area contributed by atoms with Crippen molar-refractivity contribution in [2.24, 2.45) is 0 Å². The number of ketones is 2. The van der Waals surface area contributed by atoms with Crippen LogP contribution in [0.5, 0.6) is 0 Å². The van der Waals surface area contributed by atoms with Gasteiger partial charge >= 0.3 is 0 Å². The molecule has 0 bridgehead atoms. The van der Waals surface area contributed by atoms with E-state index in [2.05, 4.69) is 0 Å². The van der Waals surface area contributed by atoms with Crippen LogP contribution in [0, 0.1) is 13.8 Å². The molecule has 0 amide bonds. The van der Waals surface area contributed by atoms with Crippen LogP contribution in [0.15, 0.2) is 34.7 Å². The lowest BCUT2D eigenvalue weighted by Crippen LogP contribution is -2.21. The molecule has 114 valence electrons. The van der Waals surface area contributed by atoms with Gasteiger partial charge in [-0.15, -0.1) is 11.6 Å². The summed E-state index contributed by atoms with van der Waals surface area (Å²) < 4.78 is 5.81. The van der Waals surface area contributed by atoms with Crippen molar-refractivity contribution in [2.45, 2.75) is 19.7 Å². The number of furan rings is 1. The minimum atomic E-state index is -0.515. The Morgan fingerprint density at radius 2 is 1.70 bits per heavy atom. The highest BCUT2D eigenvalue weighted by Crippen LogP contribution is 2.41. The van der Waals surface area contributed by atoms with E-state index in [9.17, 15) is 9.59 Å². The first-order chi connectivity index (χ1) is 11.0. The molecule has 0 atom stereocenters. The van der Waals surface area contributed by atoms with Gasteiger partial charge in [-0.1, -0.05) is 24.3 Å². The maximum atomic E-state index is 12.7. The highest BCUT2D eigenvalue weighted by Gasteiger charge is 2.37. The second-order valence-electron chi connectivity index (χ2n) is 5.80. The quantitative estimate of drug-likeness (QED) is 0.475. The number of alkyl halides is 1. The van der Waals surface area contributed by atoms with E-state index in [1.165, 1.54) is 0 Å². The summed E-state index contributed by atoms with van der Waals surface area (Å²) >= 11 is 5.89. The normalized spacial score (nSPS) is 13.3. The van der Waals surface area contributed by atoms with E-state index in [-0.39, 0.29) is 5.88 Å².